The first-order chi connectivity index (χ1) is 14.1. The molecule has 7 nitrogen and oxygen atoms in total. The smallest absolute Gasteiger partial charge is 0.256 e. The summed E-state index contributed by atoms with van der Waals surface area (Å²) in [5.41, 5.74) is 1.36. The van der Waals surface area contributed by atoms with Crippen LogP contribution in [0.5, 0.6) is 0 Å². The number of H-pyrrole nitrogens is 1. The Labute approximate surface area is 170 Å². The van der Waals surface area contributed by atoms with E-state index in [0.29, 0.717) is 37.5 Å². The van der Waals surface area contributed by atoms with Crippen LogP contribution in [0.3, 0.4) is 0 Å². The second kappa shape index (κ2) is 7.58. The van der Waals surface area contributed by atoms with Crippen molar-refractivity contribution in [2.45, 2.75) is 70.3 Å². The predicted molar refractivity (Wildman–Crippen MR) is 107 cm³/mol. The summed E-state index contributed by atoms with van der Waals surface area (Å²) in [5.74, 6) is 1.67. The van der Waals surface area contributed by atoms with E-state index in [1.165, 1.54) is 0 Å². The summed E-state index contributed by atoms with van der Waals surface area (Å²) in [4.78, 5) is 49.6. The van der Waals surface area contributed by atoms with Gasteiger partial charge in [-0.2, -0.15) is 0 Å². The molecule has 5 rings (SSSR count). The van der Waals surface area contributed by atoms with Crippen LogP contribution in [0.1, 0.15) is 74.4 Å². The molecular formula is C22H30N4O3. The number of amides is 2. The zero-order chi connectivity index (χ0) is 20.0. The molecule has 4 aliphatic rings. The number of nitrogens with one attached hydrogen (secondary N) is 1. The van der Waals surface area contributed by atoms with E-state index >= 15 is 0 Å². The highest BCUT2D eigenvalue weighted by atomic mass is 16.2. The van der Waals surface area contributed by atoms with Gasteiger partial charge in [-0.1, -0.05) is 12.8 Å². The molecule has 1 N–H and O–H groups in total. The number of nitrogens with zero attached hydrogens (tertiary/aromatic N) is 3. The minimum absolute atomic E-state index is 0.0956. The topological polar surface area (TPSA) is 86.4 Å². The molecule has 1 aromatic heterocycles. The van der Waals surface area contributed by atoms with Gasteiger partial charge < -0.3 is 14.8 Å². The fourth-order valence-electron chi connectivity index (χ4n) is 5.25. The largest absolute Gasteiger partial charge is 0.342 e. The number of piperidine rings is 1. The Hall–Kier alpha value is -2.18. The molecule has 0 radical (unpaired) electrons. The molecule has 3 heterocycles. The number of aromatic amines is 1. The van der Waals surface area contributed by atoms with Gasteiger partial charge in [0, 0.05) is 43.8 Å². The van der Waals surface area contributed by atoms with Crippen molar-refractivity contribution in [2.24, 2.45) is 11.8 Å². The van der Waals surface area contributed by atoms with Crippen LogP contribution in [0.15, 0.2) is 4.79 Å². The maximum absolute atomic E-state index is 12.8. The standard InChI is InChI=1S/C22H30N4O3/c27-20-17-13-26(22(29)15-7-8-15)11-9-18(17)23-19(24-20)16-6-3-10-25(12-16)21(28)14-4-1-2-5-14/h14-16H,1-13H2,(H,23,24,27)/t16-/m0/s1. The molecule has 2 amide bonds. The third kappa shape index (κ3) is 3.71. The van der Waals surface area contributed by atoms with Crippen LogP contribution in [0.25, 0.3) is 0 Å². The molecule has 2 aliphatic heterocycles. The molecule has 7 heteroatoms. The summed E-state index contributed by atoms with van der Waals surface area (Å²) in [7, 11) is 0. The number of carbonyl (C=O) groups excluding carboxylic acids is 2. The van der Waals surface area contributed by atoms with Gasteiger partial charge >= 0.3 is 0 Å². The molecule has 0 aromatic carbocycles. The van der Waals surface area contributed by atoms with Gasteiger partial charge in [0.2, 0.25) is 11.8 Å². The van der Waals surface area contributed by atoms with Gasteiger partial charge in [0.25, 0.3) is 5.56 Å². The first kappa shape index (κ1) is 18.8. The first-order valence-electron chi connectivity index (χ1n) is 11.3. The zero-order valence-electron chi connectivity index (χ0n) is 17.0. The molecule has 29 heavy (non-hydrogen) atoms. The predicted octanol–water partition coefficient (Wildman–Crippen LogP) is 1.96. The van der Waals surface area contributed by atoms with E-state index in [1.807, 2.05) is 9.80 Å². The van der Waals surface area contributed by atoms with Crippen LogP contribution in [0.2, 0.25) is 0 Å². The van der Waals surface area contributed by atoms with E-state index in [-0.39, 0.29) is 29.2 Å². The summed E-state index contributed by atoms with van der Waals surface area (Å²) in [6, 6.07) is 0. The molecule has 2 saturated carbocycles. The molecule has 156 valence electrons. The highest BCUT2D eigenvalue weighted by Crippen LogP contribution is 2.33. The number of hydrogen-bond acceptors (Lipinski definition) is 4. The van der Waals surface area contributed by atoms with Gasteiger partial charge in [-0.3, -0.25) is 14.4 Å². The Morgan fingerprint density at radius 1 is 0.897 bits per heavy atom. The van der Waals surface area contributed by atoms with Crippen LogP contribution < -0.4 is 5.56 Å². The highest BCUT2D eigenvalue weighted by Gasteiger charge is 2.36. The Morgan fingerprint density at radius 2 is 1.62 bits per heavy atom. The van der Waals surface area contributed by atoms with Crippen LogP contribution >= 0.6 is 0 Å². The van der Waals surface area contributed by atoms with Gasteiger partial charge in [0.15, 0.2) is 0 Å². The van der Waals surface area contributed by atoms with Crippen LogP contribution in [-0.4, -0.2) is 51.2 Å². The van der Waals surface area contributed by atoms with Crippen LogP contribution in [0, 0.1) is 11.8 Å². The van der Waals surface area contributed by atoms with Crippen molar-refractivity contribution in [3.8, 4) is 0 Å². The minimum atomic E-state index is -0.113. The maximum atomic E-state index is 12.8. The van der Waals surface area contributed by atoms with Crippen molar-refractivity contribution in [2.75, 3.05) is 19.6 Å². The molecule has 1 aromatic rings. The van der Waals surface area contributed by atoms with Gasteiger partial charge in [0.05, 0.1) is 17.8 Å². The van der Waals surface area contributed by atoms with E-state index in [2.05, 4.69) is 4.98 Å². The zero-order valence-corrected chi connectivity index (χ0v) is 17.0. The first-order valence-corrected chi connectivity index (χ1v) is 11.3. The normalized spacial score (nSPS) is 25.2. The van der Waals surface area contributed by atoms with Crippen molar-refractivity contribution in [1.29, 1.82) is 0 Å². The summed E-state index contributed by atoms with van der Waals surface area (Å²) >= 11 is 0. The molecule has 0 unspecified atom stereocenters. The fourth-order valence-corrected chi connectivity index (χ4v) is 5.25. The van der Waals surface area contributed by atoms with E-state index in [9.17, 15) is 14.4 Å². The Kier molecular flexibility index (Phi) is 4.92. The minimum Gasteiger partial charge on any atom is -0.342 e. The van der Waals surface area contributed by atoms with Gasteiger partial charge in [-0.15, -0.1) is 0 Å². The van der Waals surface area contributed by atoms with E-state index < -0.39 is 0 Å². The summed E-state index contributed by atoms with van der Waals surface area (Å²) in [6.45, 7) is 2.50. The lowest BCUT2D eigenvalue weighted by molar-refractivity contribution is -0.136. The average molecular weight is 399 g/mol. The SMILES string of the molecule is O=C(C1CC1)N1CCc2nc([C@H]3CCCN(C(=O)C4CCCC4)C3)[nH]c(=O)c2C1. The molecule has 3 fully saturated rings. The number of aromatic nitrogens is 2. The molecule has 0 spiro atoms. The van der Waals surface area contributed by atoms with Crippen LogP contribution in [-0.2, 0) is 22.6 Å². The van der Waals surface area contributed by atoms with E-state index in [4.69, 9.17) is 4.98 Å². The number of fused-ring (bicyclic) bond motifs is 1. The number of rotatable bonds is 3. The summed E-state index contributed by atoms with van der Waals surface area (Å²) < 4.78 is 0. The Balaban J connectivity index is 1.31. The van der Waals surface area contributed by atoms with Crippen molar-refractivity contribution in [3.63, 3.8) is 0 Å². The number of hydrogen-bond donors (Lipinski definition) is 1. The fraction of sp³-hybridized carbons (Fsp3) is 0.727. The molecule has 1 saturated heterocycles. The molecule has 1 atom stereocenters. The molecular weight excluding hydrogens is 368 g/mol. The highest BCUT2D eigenvalue weighted by molar-refractivity contribution is 5.81. The molecule has 0 bridgehead atoms. The maximum Gasteiger partial charge on any atom is 0.256 e. The van der Waals surface area contributed by atoms with E-state index in [1.54, 1.807) is 0 Å². The lowest BCUT2D eigenvalue weighted by Crippen LogP contribution is -2.43. The number of likely N-dealkylation sites (tertiary alicyclic amines) is 1. The van der Waals surface area contributed by atoms with E-state index in [0.717, 1.165) is 69.4 Å². The summed E-state index contributed by atoms with van der Waals surface area (Å²) in [5, 5.41) is 0. The second-order valence-corrected chi connectivity index (χ2v) is 9.27. The monoisotopic (exact) mass is 398 g/mol. The van der Waals surface area contributed by atoms with Gasteiger partial charge in [0.1, 0.15) is 5.82 Å². The lowest BCUT2D eigenvalue weighted by atomic mass is 9.94. The van der Waals surface area contributed by atoms with Gasteiger partial charge in [-0.25, -0.2) is 4.98 Å². The second-order valence-electron chi connectivity index (χ2n) is 9.27. The third-order valence-electron chi connectivity index (χ3n) is 7.15. The number of carbonyl (C=O) groups is 2. The van der Waals surface area contributed by atoms with Crippen molar-refractivity contribution >= 4 is 11.8 Å². The Bertz CT molecular complexity index is 869. The van der Waals surface area contributed by atoms with Crippen molar-refractivity contribution < 1.29 is 9.59 Å². The lowest BCUT2D eigenvalue weighted by Gasteiger charge is -2.34. The van der Waals surface area contributed by atoms with Crippen LogP contribution in [0.4, 0.5) is 0 Å². The quantitative estimate of drug-likeness (QED) is 0.843. The van der Waals surface area contributed by atoms with Crippen molar-refractivity contribution in [3.05, 3.63) is 27.4 Å². The summed E-state index contributed by atoms with van der Waals surface area (Å²) in [6.07, 6.45) is 8.86. The average Bonchev–Trinajstić information content (AvgIpc) is 3.46. The Morgan fingerprint density at radius 3 is 2.38 bits per heavy atom. The van der Waals surface area contributed by atoms with Crippen molar-refractivity contribution in [1.82, 2.24) is 19.8 Å². The third-order valence-corrected chi connectivity index (χ3v) is 7.15. The van der Waals surface area contributed by atoms with Gasteiger partial charge in [-0.05, 0) is 38.5 Å². The molecule has 2 aliphatic carbocycles.